The number of hydrogen-bond acceptors (Lipinski definition) is 4. The molecule has 4 rings (SSSR count). The van der Waals surface area contributed by atoms with E-state index in [0.29, 0.717) is 12.0 Å². The van der Waals surface area contributed by atoms with Crippen LogP contribution in [0.5, 0.6) is 0 Å². The van der Waals surface area contributed by atoms with Gasteiger partial charge >= 0.3 is 0 Å². The lowest BCUT2D eigenvalue weighted by Crippen LogP contribution is -2.29. The highest BCUT2D eigenvalue weighted by Gasteiger charge is 2.31. The molecule has 1 aliphatic carbocycles. The first kappa shape index (κ1) is 11.0. The van der Waals surface area contributed by atoms with Gasteiger partial charge in [0.25, 0.3) is 0 Å². The lowest BCUT2D eigenvalue weighted by molar-refractivity contribution is 0.373. The second-order valence-electron chi connectivity index (χ2n) is 5.63. The Morgan fingerprint density at radius 1 is 1.32 bits per heavy atom. The number of aromatic nitrogens is 2. The Labute approximate surface area is 112 Å². The number of anilines is 1. The van der Waals surface area contributed by atoms with Crippen LogP contribution in [0.4, 0.5) is 5.69 Å². The third-order valence-electron chi connectivity index (χ3n) is 4.07. The van der Waals surface area contributed by atoms with Crippen LogP contribution in [0.2, 0.25) is 0 Å². The van der Waals surface area contributed by atoms with Crippen molar-refractivity contribution in [3.8, 4) is 0 Å². The van der Waals surface area contributed by atoms with E-state index in [-0.39, 0.29) is 0 Å². The molecule has 2 aromatic rings. The number of benzene rings is 1. The van der Waals surface area contributed by atoms with Crippen molar-refractivity contribution in [2.45, 2.75) is 44.7 Å². The molecule has 1 aliphatic heterocycles. The van der Waals surface area contributed by atoms with E-state index in [4.69, 9.17) is 4.52 Å². The maximum Gasteiger partial charge on any atom is 0.229 e. The summed E-state index contributed by atoms with van der Waals surface area (Å²) in [5.74, 6) is 2.17. The van der Waals surface area contributed by atoms with Crippen molar-refractivity contribution < 1.29 is 4.52 Å². The molecule has 1 saturated carbocycles. The van der Waals surface area contributed by atoms with Crippen LogP contribution in [-0.2, 0) is 13.0 Å². The second-order valence-corrected chi connectivity index (χ2v) is 5.63. The smallest absolute Gasteiger partial charge is 0.229 e. The van der Waals surface area contributed by atoms with Crippen molar-refractivity contribution in [2.24, 2.45) is 0 Å². The number of para-hydroxylation sites is 1. The SMILES string of the molecule is CC1Cc2ccccc2N1Cc1noc(C2CC2)n1. The van der Waals surface area contributed by atoms with Crippen molar-refractivity contribution in [1.82, 2.24) is 10.1 Å². The van der Waals surface area contributed by atoms with Gasteiger partial charge in [-0.2, -0.15) is 4.98 Å². The highest BCUT2D eigenvalue weighted by Crippen LogP contribution is 2.39. The standard InChI is InChI=1S/C15H17N3O/c1-10-8-12-4-2-3-5-13(12)18(10)9-14-16-15(19-17-14)11-6-7-11/h2-5,10-11H,6-9H2,1H3. The molecule has 98 valence electrons. The third-order valence-corrected chi connectivity index (χ3v) is 4.07. The summed E-state index contributed by atoms with van der Waals surface area (Å²) in [5, 5.41) is 4.12. The van der Waals surface area contributed by atoms with Crippen molar-refractivity contribution in [1.29, 1.82) is 0 Å². The summed E-state index contributed by atoms with van der Waals surface area (Å²) in [6, 6.07) is 9.09. The molecule has 19 heavy (non-hydrogen) atoms. The molecule has 4 heteroatoms. The Hall–Kier alpha value is -1.84. The summed E-state index contributed by atoms with van der Waals surface area (Å²) in [5.41, 5.74) is 2.73. The average molecular weight is 255 g/mol. The molecule has 0 spiro atoms. The predicted octanol–water partition coefficient (Wildman–Crippen LogP) is 2.90. The maximum atomic E-state index is 5.33. The topological polar surface area (TPSA) is 42.2 Å². The van der Waals surface area contributed by atoms with Crippen LogP contribution in [0.15, 0.2) is 28.8 Å². The highest BCUT2D eigenvalue weighted by molar-refractivity contribution is 5.59. The minimum atomic E-state index is 0.500. The Morgan fingerprint density at radius 3 is 3.00 bits per heavy atom. The Balaban J connectivity index is 1.58. The van der Waals surface area contributed by atoms with Crippen molar-refractivity contribution in [3.63, 3.8) is 0 Å². The fourth-order valence-electron chi connectivity index (χ4n) is 2.85. The molecule has 1 aromatic heterocycles. The fraction of sp³-hybridized carbons (Fsp3) is 0.467. The van der Waals surface area contributed by atoms with Gasteiger partial charge in [0.05, 0.1) is 6.54 Å². The lowest BCUT2D eigenvalue weighted by atomic mass is 10.1. The largest absolute Gasteiger partial charge is 0.361 e. The summed E-state index contributed by atoms with van der Waals surface area (Å²) < 4.78 is 5.33. The quantitative estimate of drug-likeness (QED) is 0.845. The molecule has 0 saturated heterocycles. The molecule has 1 aromatic carbocycles. The minimum Gasteiger partial charge on any atom is -0.361 e. The van der Waals surface area contributed by atoms with Crippen LogP contribution in [0.25, 0.3) is 0 Å². The Bertz CT molecular complexity index is 603. The summed E-state index contributed by atoms with van der Waals surface area (Å²) >= 11 is 0. The first-order valence-electron chi connectivity index (χ1n) is 6.98. The minimum absolute atomic E-state index is 0.500. The normalized spacial score (nSPS) is 21.7. The molecule has 2 aliphatic rings. The van der Waals surface area contributed by atoms with Crippen molar-refractivity contribution in [2.75, 3.05) is 4.90 Å². The van der Waals surface area contributed by atoms with E-state index >= 15 is 0 Å². The van der Waals surface area contributed by atoms with Gasteiger partial charge in [-0.15, -0.1) is 0 Å². The van der Waals surface area contributed by atoms with E-state index in [1.54, 1.807) is 0 Å². The second kappa shape index (κ2) is 4.08. The van der Waals surface area contributed by atoms with E-state index < -0.39 is 0 Å². The first-order valence-corrected chi connectivity index (χ1v) is 6.98. The van der Waals surface area contributed by atoms with E-state index in [0.717, 1.165) is 24.7 Å². The van der Waals surface area contributed by atoms with Gasteiger partial charge < -0.3 is 9.42 Å². The van der Waals surface area contributed by atoms with Crippen LogP contribution in [-0.4, -0.2) is 16.2 Å². The molecule has 1 fully saturated rings. The average Bonchev–Trinajstić information content (AvgIpc) is 3.09. The molecule has 1 unspecified atom stereocenters. The van der Waals surface area contributed by atoms with Gasteiger partial charge in [0.1, 0.15) is 0 Å². The van der Waals surface area contributed by atoms with E-state index in [1.165, 1.54) is 24.1 Å². The molecule has 0 radical (unpaired) electrons. The van der Waals surface area contributed by atoms with Crippen molar-refractivity contribution >= 4 is 5.69 Å². The number of hydrogen-bond donors (Lipinski definition) is 0. The van der Waals surface area contributed by atoms with Gasteiger partial charge in [-0.25, -0.2) is 0 Å². The molecule has 2 heterocycles. The molecule has 1 atom stereocenters. The van der Waals surface area contributed by atoms with Crippen LogP contribution in [0.1, 0.15) is 43.0 Å². The summed E-state index contributed by atoms with van der Waals surface area (Å²) in [6.45, 7) is 3.00. The van der Waals surface area contributed by atoms with Crippen LogP contribution in [0, 0.1) is 0 Å². The Kier molecular flexibility index (Phi) is 2.37. The molecule has 0 bridgehead atoms. The zero-order valence-electron chi connectivity index (χ0n) is 11.0. The van der Waals surface area contributed by atoms with Gasteiger partial charge in [-0.05, 0) is 37.8 Å². The van der Waals surface area contributed by atoms with Crippen molar-refractivity contribution in [3.05, 3.63) is 41.5 Å². The molecule has 0 N–H and O–H groups in total. The fourth-order valence-corrected chi connectivity index (χ4v) is 2.85. The van der Waals surface area contributed by atoms with Crippen LogP contribution in [0.3, 0.4) is 0 Å². The van der Waals surface area contributed by atoms with Gasteiger partial charge in [-0.3, -0.25) is 0 Å². The zero-order chi connectivity index (χ0) is 12.8. The molecular weight excluding hydrogens is 238 g/mol. The third kappa shape index (κ3) is 1.91. The van der Waals surface area contributed by atoms with Crippen LogP contribution < -0.4 is 4.90 Å². The number of nitrogens with zero attached hydrogens (tertiary/aromatic N) is 3. The van der Waals surface area contributed by atoms with E-state index in [9.17, 15) is 0 Å². The highest BCUT2D eigenvalue weighted by atomic mass is 16.5. The zero-order valence-corrected chi connectivity index (χ0v) is 11.0. The summed E-state index contributed by atoms with van der Waals surface area (Å²) in [4.78, 5) is 6.90. The molecular formula is C15H17N3O. The van der Waals surface area contributed by atoms with Gasteiger partial charge in [0, 0.05) is 17.6 Å². The van der Waals surface area contributed by atoms with Gasteiger partial charge in [0.2, 0.25) is 5.89 Å². The van der Waals surface area contributed by atoms with E-state index in [2.05, 4.69) is 46.2 Å². The Morgan fingerprint density at radius 2 is 2.16 bits per heavy atom. The monoisotopic (exact) mass is 255 g/mol. The molecule has 4 nitrogen and oxygen atoms in total. The maximum absolute atomic E-state index is 5.33. The van der Waals surface area contributed by atoms with Gasteiger partial charge in [-0.1, -0.05) is 23.4 Å². The lowest BCUT2D eigenvalue weighted by Gasteiger charge is -2.22. The van der Waals surface area contributed by atoms with Crippen LogP contribution >= 0.6 is 0 Å². The number of rotatable bonds is 3. The predicted molar refractivity (Wildman–Crippen MR) is 72.1 cm³/mol. The number of fused-ring (bicyclic) bond motifs is 1. The van der Waals surface area contributed by atoms with E-state index in [1.807, 2.05) is 0 Å². The first-order chi connectivity index (χ1) is 9.31. The summed E-state index contributed by atoms with van der Waals surface area (Å²) in [7, 11) is 0. The summed E-state index contributed by atoms with van der Waals surface area (Å²) in [6.07, 6.45) is 3.50. The van der Waals surface area contributed by atoms with Gasteiger partial charge in [0.15, 0.2) is 5.82 Å². The molecule has 0 amide bonds.